The largest absolute Gasteiger partial charge is 0.480 e. The van der Waals surface area contributed by atoms with Gasteiger partial charge >= 0.3 is 5.97 Å². The summed E-state index contributed by atoms with van der Waals surface area (Å²) in [4.78, 5) is 34.3. The Labute approximate surface area is 147 Å². The van der Waals surface area contributed by atoms with Gasteiger partial charge in [-0.25, -0.2) is 4.79 Å². The number of nitrogens with one attached hydrogen (secondary N) is 1. The number of hydrogen-bond acceptors (Lipinski definition) is 4. The average molecular weight is 351 g/mol. The molecule has 0 unspecified atom stereocenters. The van der Waals surface area contributed by atoms with Gasteiger partial charge < -0.3 is 10.4 Å². The Morgan fingerprint density at radius 2 is 1.71 bits per heavy atom. The number of carboxylic acid groups (broad SMARTS) is 1. The van der Waals surface area contributed by atoms with Crippen LogP contribution < -0.4 is 5.32 Å². The maximum atomic E-state index is 12.3. The fourth-order valence-corrected chi connectivity index (χ4v) is 3.20. The van der Waals surface area contributed by atoms with Crippen LogP contribution in [0.4, 0.5) is 0 Å². The maximum Gasteiger partial charge on any atom is 0.327 e. The minimum absolute atomic E-state index is 0.0174. The van der Waals surface area contributed by atoms with Crippen molar-refractivity contribution >= 4 is 28.8 Å². The lowest BCUT2D eigenvalue weighted by Gasteiger charge is -2.15. The molecule has 0 radical (unpaired) electrons. The zero-order chi connectivity index (χ0) is 18.3. The van der Waals surface area contributed by atoms with Gasteiger partial charge in [0.15, 0.2) is 5.12 Å². The van der Waals surface area contributed by atoms with Crippen LogP contribution in [0.5, 0.6) is 0 Å². The molecule has 0 aromatic heterocycles. The monoisotopic (exact) mass is 351 g/mol. The SMILES string of the molecule is CC(=O)N[C@@H](CSC(=O)[C@@H](C)c1ccc(CC(C)C)cc1)C(=O)O. The van der Waals surface area contributed by atoms with E-state index in [2.05, 4.69) is 19.2 Å². The van der Waals surface area contributed by atoms with E-state index in [0.717, 1.165) is 23.7 Å². The third-order valence-corrected chi connectivity index (χ3v) is 4.68. The normalized spacial score (nSPS) is 13.4. The van der Waals surface area contributed by atoms with E-state index in [-0.39, 0.29) is 16.8 Å². The molecule has 0 saturated heterocycles. The molecule has 1 aromatic rings. The summed E-state index contributed by atoms with van der Waals surface area (Å²) >= 11 is 0.938. The number of carbonyl (C=O) groups is 3. The van der Waals surface area contributed by atoms with Crippen molar-refractivity contribution in [1.82, 2.24) is 5.32 Å². The van der Waals surface area contributed by atoms with Gasteiger partial charge in [-0.15, -0.1) is 0 Å². The lowest BCUT2D eigenvalue weighted by atomic mass is 9.97. The summed E-state index contributed by atoms with van der Waals surface area (Å²) in [7, 11) is 0. The number of thioether (sulfide) groups is 1. The van der Waals surface area contributed by atoms with Crippen LogP contribution in [-0.4, -0.2) is 33.9 Å². The first-order chi connectivity index (χ1) is 11.2. The van der Waals surface area contributed by atoms with Gasteiger partial charge in [0.2, 0.25) is 5.91 Å². The van der Waals surface area contributed by atoms with E-state index in [0.29, 0.717) is 5.92 Å². The predicted octanol–water partition coefficient (Wildman–Crippen LogP) is 2.84. The van der Waals surface area contributed by atoms with Crippen LogP contribution in [0.15, 0.2) is 24.3 Å². The molecular formula is C18H25NO4S. The number of hydrogen-bond donors (Lipinski definition) is 2. The summed E-state index contributed by atoms with van der Waals surface area (Å²) < 4.78 is 0. The molecule has 2 N–H and O–H groups in total. The van der Waals surface area contributed by atoms with Gasteiger partial charge in [-0.1, -0.05) is 56.8 Å². The van der Waals surface area contributed by atoms with Crippen LogP contribution in [0.2, 0.25) is 0 Å². The molecule has 6 heteroatoms. The van der Waals surface area contributed by atoms with Crippen molar-refractivity contribution in [2.24, 2.45) is 5.92 Å². The Balaban J connectivity index is 2.63. The second-order valence-electron chi connectivity index (χ2n) is 6.28. The van der Waals surface area contributed by atoms with Crippen molar-refractivity contribution < 1.29 is 19.5 Å². The number of carboxylic acids is 1. The highest BCUT2D eigenvalue weighted by molar-refractivity contribution is 8.13. The molecule has 0 aliphatic heterocycles. The molecular weight excluding hydrogens is 326 g/mol. The van der Waals surface area contributed by atoms with Crippen molar-refractivity contribution in [2.45, 2.75) is 46.1 Å². The van der Waals surface area contributed by atoms with Gasteiger partial charge in [-0.05, 0) is 23.5 Å². The molecule has 0 aliphatic rings. The van der Waals surface area contributed by atoms with Crippen LogP contribution in [0.25, 0.3) is 0 Å². The van der Waals surface area contributed by atoms with Gasteiger partial charge in [0, 0.05) is 12.7 Å². The lowest BCUT2D eigenvalue weighted by molar-refractivity contribution is -0.140. The molecule has 1 aromatic carbocycles. The first-order valence-electron chi connectivity index (χ1n) is 7.96. The van der Waals surface area contributed by atoms with Crippen LogP contribution in [0, 0.1) is 5.92 Å². The fourth-order valence-electron chi connectivity index (χ4n) is 2.26. The van der Waals surface area contributed by atoms with Gasteiger partial charge in [0.05, 0.1) is 5.92 Å². The quantitative estimate of drug-likeness (QED) is 0.752. The van der Waals surface area contributed by atoms with Gasteiger partial charge in [-0.3, -0.25) is 9.59 Å². The molecule has 5 nitrogen and oxygen atoms in total. The topological polar surface area (TPSA) is 83.5 Å². The number of carbonyl (C=O) groups excluding carboxylic acids is 2. The molecule has 0 heterocycles. The summed E-state index contributed by atoms with van der Waals surface area (Å²) in [5, 5.41) is 11.3. The molecule has 1 amide bonds. The molecule has 2 atom stereocenters. The number of rotatable bonds is 8. The number of aliphatic carboxylic acids is 1. The van der Waals surface area contributed by atoms with Crippen molar-refractivity contribution in [3.05, 3.63) is 35.4 Å². The van der Waals surface area contributed by atoms with Crippen LogP contribution in [0.3, 0.4) is 0 Å². The molecule has 24 heavy (non-hydrogen) atoms. The van der Waals surface area contributed by atoms with Gasteiger partial charge in [-0.2, -0.15) is 0 Å². The molecule has 0 fully saturated rings. The van der Waals surface area contributed by atoms with E-state index in [1.807, 2.05) is 24.3 Å². The van der Waals surface area contributed by atoms with Crippen molar-refractivity contribution in [2.75, 3.05) is 5.75 Å². The zero-order valence-electron chi connectivity index (χ0n) is 14.5. The number of benzene rings is 1. The smallest absolute Gasteiger partial charge is 0.327 e. The summed E-state index contributed by atoms with van der Waals surface area (Å²) in [5.41, 5.74) is 2.14. The van der Waals surface area contributed by atoms with E-state index in [1.54, 1.807) is 6.92 Å². The van der Waals surface area contributed by atoms with Crippen LogP contribution in [0.1, 0.15) is 44.7 Å². The second-order valence-corrected chi connectivity index (χ2v) is 7.31. The lowest BCUT2D eigenvalue weighted by Crippen LogP contribution is -2.41. The maximum absolute atomic E-state index is 12.3. The molecule has 0 saturated carbocycles. The zero-order valence-corrected chi connectivity index (χ0v) is 15.4. The third-order valence-electron chi connectivity index (χ3n) is 3.55. The first-order valence-corrected chi connectivity index (χ1v) is 8.94. The number of amides is 1. The summed E-state index contributed by atoms with van der Waals surface area (Å²) in [6, 6.07) is 6.90. The molecule has 132 valence electrons. The van der Waals surface area contributed by atoms with Crippen LogP contribution >= 0.6 is 11.8 Å². The Hall–Kier alpha value is -1.82. The highest BCUT2D eigenvalue weighted by Crippen LogP contribution is 2.23. The minimum Gasteiger partial charge on any atom is -0.480 e. The molecule has 0 spiro atoms. The Bertz CT molecular complexity index is 583. The first kappa shape index (κ1) is 20.2. The Morgan fingerprint density at radius 1 is 1.12 bits per heavy atom. The molecule has 1 rings (SSSR count). The minimum atomic E-state index is -1.14. The van der Waals surface area contributed by atoms with Gasteiger partial charge in [0.25, 0.3) is 0 Å². The summed E-state index contributed by atoms with van der Waals surface area (Å²) in [5.74, 6) is -1.30. The Kier molecular flexibility index (Phi) is 7.98. The van der Waals surface area contributed by atoms with E-state index in [4.69, 9.17) is 5.11 Å². The van der Waals surface area contributed by atoms with E-state index in [1.165, 1.54) is 12.5 Å². The molecule has 0 aliphatic carbocycles. The Morgan fingerprint density at radius 3 is 2.17 bits per heavy atom. The van der Waals surface area contributed by atoms with E-state index >= 15 is 0 Å². The average Bonchev–Trinajstić information content (AvgIpc) is 2.50. The highest BCUT2D eigenvalue weighted by atomic mass is 32.2. The predicted molar refractivity (Wildman–Crippen MR) is 96.1 cm³/mol. The van der Waals surface area contributed by atoms with E-state index in [9.17, 15) is 14.4 Å². The van der Waals surface area contributed by atoms with Crippen molar-refractivity contribution in [3.63, 3.8) is 0 Å². The van der Waals surface area contributed by atoms with E-state index < -0.39 is 17.9 Å². The summed E-state index contributed by atoms with van der Waals surface area (Å²) in [6.45, 7) is 7.38. The van der Waals surface area contributed by atoms with Gasteiger partial charge in [0.1, 0.15) is 6.04 Å². The summed E-state index contributed by atoms with van der Waals surface area (Å²) in [6.07, 6.45) is 0.994. The van der Waals surface area contributed by atoms with Crippen molar-refractivity contribution in [3.8, 4) is 0 Å². The standard InChI is InChI=1S/C18H25NO4S/c1-11(2)9-14-5-7-15(8-6-14)12(3)18(23)24-10-16(17(21)22)19-13(4)20/h5-8,11-12,16H,9-10H2,1-4H3,(H,19,20)(H,21,22)/t12-,16-/m0/s1. The molecule has 0 bridgehead atoms. The highest BCUT2D eigenvalue weighted by Gasteiger charge is 2.22. The second kappa shape index (κ2) is 9.47. The fraction of sp³-hybridized carbons (Fsp3) is 0.500. The van der Waals surface area contributed by atoms with Crippen molar-refractivity contribution in [1.29, 1.82) is 0 Å². The van der Waals surface area contributed by atoms with Crippen LogP contribution in [-0.2, 0) is 20.8 Å². The third kappa shape index (κ3) is 6.74.